The first kappa shape index (κ1) is 16.2. The van der Waals surface area contributed by atoms with Crippen LogP contribution >= 0.6 is 22.9 Å². The lowest BCUT2D eigenvalue weighted by atomic mass is 10.2. The molecule has 2 rings (SSSR count). The fourth-order valence-corrected chi connectivity index (χ4v) is 2.43. The second-order valence-electron chi connectivity index (χ2n) is 4.60. The first-order chi connectivity index (χ1) is 10.1. The fraction of sp³-hybridized carbons (Fsp3) is 0.357. The molecule has 1 aromatic carbocycles. The Hall–Kier alpha value is -1.18. The monoisotopic (exact) mass is 328 g/mol. The van der Waals surface area contributed by atoms with Crippen LogP contribution < -0.4 is 10.2 Å². The predicted molar refractivity (Wildman–Crippen MR) is 83.8 cm³/mol. The number of H-pyrrole nitrogens is 1. The smallest absolute Gasteiger partial charge is 0.304 e. The molecular weight excluding hydrogens is 312 g/mol. The Balaban J connectivity index is 1.60. The van der Waals surface area contributed by atoms with Gasteiger partial charge in [-0.05, 0) is 17.7 Å². The molecule has 0 saturated carbocycles. The van der Waals surface area contributed by atoms with Gasteiger partial charge < -0.3 is 20.1 Å². The van der Waals surface area contributed by atoms with Crippen molar-refractivity contribution >= 4 is 22.9 Å². The SMILES string of the molecule is O=c1[nH]c(CNCC(O)COCc2ccc(Cl)cc2)cs1. The summed E-state index contributed by atoms with van der Waals surface area (Å²) in [6.07, 6.45) is -0.595. The van der Waals surface area contributed by atoms with Gasteiger partial charge in [0.15, 0.2) is 0 Å². The summed E-state index contributed by atoms with van der Waals surface area (Å²) in [7, 11) is 0. The van der Waals surface area contributed by atoms with Crippen molar-refractivity contribution in [1.82, 2.24) is 10.3 Å². The van der Waals surface area contributed by atoms with Gasteiger partial charge in [0, 0.05) is 29.2 Å². The molecule has 0 radical (unpaired) electrons. The molecule has 1 aromatic heterocycles. The van der Waals surface area contributed by atoms with E-state index in [0.29, 0.717) is 24.7 Å². The van der Waals surface area contributed by atoms with Crippen LogP contribution in [0.3, 0.4) is 0 Å². The first-order valence-electron chi connectivity index (χ1n) is 6.51. The quantitative estimate of drug-likeness (QED) is 0.690. The third kappa shape index (κ3) is 5.99. The minimum atomic E-state index is -0.595. The van der Waals surface area contributed by atoms with Gasteiger partial charge in [-0.2, -0.15) is 0 Å². The normalized spacial score (nSPS) is 12.5. The van der Waals surface area contributed by atoms with Crippen molar-refractivity contribution < 1.29 is 9.84 Å². The van der Waals surface area contributed by atoms with Crippen molar-refractivity contribution in [2.75, 3.05) is 13.2 Å². The van der Waals surface area contributed by atoms with Gasteiger partial charge >= 0.3 is 4.87 Å². The highest BCUT2D eigenvalue weighted by Gasteiger charge is 2.05. The molecule has 3 N–H and O–H groups in total. The minimum absolute atomic E-state index is 0.0707. The number of rotatable bonds is 8. The van der Waals surface area contributed by atoms with Crippen LogP contribution in [0.4, 0.5) is 0 Å². The molecule has 1 heterocycles. The van der Waals surface area contributed by atoms with Gasteiger partial charge in [-0.25, -0.2) is 0 Å². The molecule has 0 saturated heterocycles. The van der Waals surface area contributed by atoms with Crippen molar-refractivity contribution in [2.45, 2.75) is 19.3 Å². The second-order valence-corrected chi connectivity index (χ2v) is 5.88. The highest BCUT2D eigenvalue weighted by molar-refractivity contribution is 7.07. The van der Waals surface area contributed by atoms with E-state index in [2.05, 4.69) is 10.3 Å². The summed E-state index contributed by atoms with van der Waals surface area (Å²) in [5.41, 5.74) is 1.83. The van der Waals surface area contributed by atoms with Gasteiger partial charge in [-0.3, -0.25) is 4.79 Å². The third-order valence-electron chi connectivity index (χ3n) is 2.76. The van der Waals surface area contributed by atoms with Crippen LogP contribution in [0.5, 0.6) is 0 Å². The zero-order chi connectivity index (χ0) is 15.1. The van der Waals surface area contributed by atoms with Gasteiger partial charge in [0.1, 0.15) is 0 Å². The molecule has 114 valence electrons. The van der Waals surface area contributed by atoms with E-state index in [1.165, 1.54) is 0 Å². The topological polar surface area (TPSA) is 74.4 Å². The average Bonchev–Trinajstić information content (AvgIpc) is 2.87. The van der Waals surface area contributed by atoms with E-state index in [4.69, 9.17) is 16.3 Å². The number of ether oxygens (including phenoxy) is 1. The summed E-state index contributed by atoms with van der Waals surface area (Å²) in [5, 5.41) is 15.3. The van der Waals surface area contributed by atoms with Crippen LogP contribution in [0.1, 0.15) is 11.3 Å². The van der Waals surface area contributed by atoms with Crippen LogP contribution in [-0.2, 0) is 17.9 Å². The number of halogens is 1. The van der Waals surface area contributed by atoms with Crippen LogP contribution in [0.25, 0.3) is 0 Å². The molecule has 0 bridgehead atoms. The molecule has 0 spiro atoms. The Morgan fingerprint density at radius 3 is 2.81 bits per heavy atom. The van der Waals surface area contributed by atoms with E-state index in [1.807, 2.05) is 12.1 Å². The lowest BCUT2D eigenvalue weighted by Gasteiger charge is -2.12. The van der Waals surface area contributed by atoms with E-state index >= 15 is 0 Å². The van der Waals surface area contributed by atoms with Crippen molar-refractivity contribution in [3.05, 3.63) is 55.6 Å². The third-order valence-corrected chi connectivity index (χ3v) is 3.73. The predicted octanol–water partition coefficient (Wildman–Crippen LogP) is 1.76. The van der Waals surface area contributed by atoms with E-state index in [9.17, 15) is 9.90 Å². The van der Waals surface area contributed by atoms with Crippen LogP contribution in [-0.4, -0.2) is 29.3 Å². The van der Waals surface area contributed by atoms with Gasteiger partial charge in [0.2, 0.25) is 0 Å². The number of thiazole rings is 1. The Kier molecular flexibility index (Phi) is 6.41. The number of hydrogen-bond acceptors (Lipinski definition) is 5. The molecule has 0 aliphatic heterocycles. The summed E-state index contributed by atoms with van der Waals surface area (Å²) in [4.78, 5) is 13.6. The lowest BCUT2D eigenvalue weighted by molar-refractivity contribution is 0.0287. The van der Waals surface area contributed by atoms with Gasteiger partial charge in [-0.1, -0.05) is 35.1 Å². The van der Waals surface area contributed by atoms with Gasteiger partial charge in [0.25, 0.3) is 0 Å². The van der Waals surface area contributed by atoms with E-state index < -0.39 is 6.10 Å². The molecule has 7 heteroatoms. The molecule has 21 heavy (non-hydrogen) atoms. The highest BCUT2D eigenvalue weighted by atomic mass is 35.5. The summed E-state index contributed by atoms with van der Waals surface area (Å²) in [6.45, 7) is 1.60. The Labute approximate surface area is 131 Å². The number of hydrogen-bond donors (Lipinski definition) is 3. The maximum atomic E-state index is 10.9. The summed E-state index contributed by atoms with van der Waals surface area (Å²) >= 11 is 6.92. The van der Waals surface area contributed by atoms with Gasteiger partial charge in [-0.15, -0.1) is 0 Å². The molecule has 1 unspecified atom stereocenters. The molecule has 1 atom stereocenters. The summed E-state index contributed by atoms with van der Waals surface area (Å²) in [5.74, 6) is 0. The molecule has 0 fully saturated rings. The number of nitrogens with one attached hydrogen (secondary N) is 2. The van der Waals surface area contributed by atoms with Crippen LogP contribution in [0, 0.1) is 0 Å². The van der Waals surface area contributed by atoms with Crippen molar-refractivity contribution in [1.29, 1.82) is 0 Å². The second kappa shape index (κ2) is 8.31. The summed E-state index contributed by atoms with van der Waals surface area (Å²) < 4.78 is 5.44. The van der Waals surface area contributed by atoms with Crippen molar-refractivity contribution in [3.8, 4) is 0 Å². The standard InChI is InChI=1S/C14H17ClN2O3S/c15-11-3-1-10(2-4-11)7-20-8-13(18)6-16-5-12-9-21-14(19)17-12/h1-4,9,13,16,18H,5-8H2,(H,17,19). The summed E-state index contributed by atoms with van der Waals surface area (Å²) in [6, 6.07) is 7.39. The first-order valence-corrected chi connectivity index (χ1v) is 7.77. The lowest BCUT2D eigenvalue weighted by Crippen LogP contribution is -2.30. The van der Waals surface area contributed by atoms with Crippen molar-refractivity contribution in [2.24, 2.45) is 0 Å². The molecule has 0 amide bonds. The highest BCUT2D eigenvalue weighted by Crippen LogP contribution is 2.10. The molecule has 0 aliphatic rings. The van der Waals surface area contributed by atoms with Crippen LogP contribution in [0.15, 0.2) is 34.4 Å². The average molecular weight is 329 g/mol. The van der Waals surface area contributed by atoms with Crippen LogP contribution in [0.2, 0.25) is 5.02 Å². The molecule has 0 aliphatic carbocycles. The zero-order valence-corrected chi connectivity index (χ0v) is 12.9. The van der Waals surface area contributed by atoms with E-state index in [0.717, 1.165) is 22.6 Å². The van der Waals surface area contributed by atoms with E-state index in [1.54, 1.807) is 17.5 Å². The largest absolute Gasteiger partial charge is 0.389 e. The van der Waals surface area contributed by atoms with E-state index in [-0.39, 0.29) is 11.5 Å². The Morgan fingerprint density at radius 2 is 2.14 bits per heavy atom. The molecule has 5 nitrogen and oxygen atoms in total. The zero-order valence-electron chi connectivity index (χ0n) is 11.3. The number of benzene rings is 1. The fourth-order valence-electron chi connectivity index (χ4n) is 1.73. The maximum absolute atomic E-state index is 10.9. The molecular formula is C14H17ClN2O3S. The number of aromatic nitrogens is 1. The van der Waals surface area contributed by atoms with Crippen molar-refractivity contribution in [3.63, 3.8) is 0 Å². The Morgan fingerprint density at radius 1 is 1.38 bits per heavy atom. The maximum Gasteiger partial charge on any atom is 0.304 e. The number of aromatic amines is 1. The molecule has 2 aromatic rings. The number of aliphatic hydroxyl groups excluding tert-OH is 1. The Bertz CT molecular complexity index is 597. The number of aliphatic hydroxyl groups is 1. The van der Waals surface area contributed by atoms with Gasteiger partial charge in [0.05, 0.1) is 19.3 Å². The minimum Gasteiger partial charge on any atom is -0.389 e.